The second-order valence-corrected chi connectivity index (χ2v) is 16.7. The number of hydrogen-bond donors (Lipinski definition) is 2. The molecule has 0 saturated carbocycles. The number of rotatable bonds is 14. The highest BCUT2D eigenvalue weighted by Crippen LogP contribution is 2.39. The highest BCUT2D eigenvalue weighted by Gasteiger charge is 2.46. The van der Waals surface area contributed by atoms with Gasteiger partial charge in [-0.2, -0.15) is 5.10 Å². The van der Waals surface area contributed by atoms with E-state index >= 15 is 0 Å². The summed E-state index contributed by atoms with van der Waals surface area (Å²) >= 11 is 0. The minimum Gasteiger partial charge on any atom is -0.493 e. The van der Waals surface area contributed by atoms with E-state index in [2.05, 4.69) is 15.3 Å². The first-order valence-corrected chi connectivity index (χ1v) is 21.9. The summed E-state index contributed by atoms with van der Waals surface area (Å²) in [5, 5.41) is 20.8. The number of aromatic nitrogens is 3. The average Bonchev–Trinajstić information content (AvgIpc) is 3.86. The molecule has 0 radical (unpaired) electrons. The molecule has 4 aromatic carbocycles. The molecule has 16 nitrogen and oxygen atoms in total. The van der Waals surface area contributed by atoms with Crippen LogP contribution >= 0.6 is 0 Å². The van der Waals surface area contributed by atoms with Crippen LogP contribution in [0.5, 0.6) is 11.5 Å². The van der Waals surface area contributed by atoms with Gasteiger partial charge in [-0.25, -0.2) is 4.79 Å². The third kappa shape index (κ3) is 7.98. The van der Waals surface area contributed by atoms with Gasteiger partial charge < -0.3 is 24.0 Å². The van der Waals surface area contributed by atoms with Crippen LogP contribution in [0.25, 0.3) is 32.8 Å². The van der Waals surface area contributed by atoms with Gasteiger partial charge in [-0.05, 0) is 62.3 Å². The fraction of sp³-hybridized carbons (Fsp3) is 0.327. The third-order valence-electron chi connectivity index (χ3n) is 12.9. The molecule has 0 bridgehead atoms. The maximum Gasteiger partial charge on any atom is 0.352 e. The maximum atomic E-state index is 13.5. The Kier molecular flexibility index (Phi) is 11.7. The minimum atomic E-state index is -1.12. The fourth-order valence-corrected chi connectivity index (χ4v) is 9.62. The summed E-state index contributed by atoms with van der Waals surface area (Å²) in [6.07, 6.45) is 1.11. The number of amides is 5. The fourth-order valence-electron chi connectivity index (χ4n) is 9.62. The molecule has 5 amide bonds. The van der Waals surface area contributed by atoms with E-state index in [0.717, 1.165) is 60.4 Å². The van der Waals surface area contributed by atoms with Crippen molar-refractivity contribution in [3.8, 4) is 22.6 Å². The Morgan fingerprint density at radius 3 is 2.26 bits per heavy atom. The summed E-state index contributed by atoms with van der Waals surface area (Å²) in [6, 6.07) is 23.4. The molecule has 1 unspecified atom stereocenters. The molecule has 1 atom stereocenters. The van der Waals surface area contributed by atoms with Crippen molar-refractivity contribution in [2.45, 2.75) is 52.1 Å². The zero-order valence-corrected chi connectivity index (χ0v) is 36.5. The highest BCUT2D eigenvalue weighted by atomic mass is 16.5. The van der Waals surface area contributed by atoms with E-state index in [1.807, 2.05) is 90.8 Å². The van der Waals surface area contributed by atoms with Crippen LogP contribution in [0.2, 0.25) is 0 Å². The lowest BCUT2D eigenvalue weighted by Gasteiger charge is -2.35. The topological polar surface area (TPSA) is 186 Å². The van der Waals surface area contributed by atoms with Crippen molar-refractivity contribution in [3.63, 3.8) is 0 Å². The van der Waals surface area contributed by atoms with E-state index in [-0.39, 0.29) is 47.9 Å². The number of benzene rings is 4. The molecule has 3 aliphatic heterocycles. The normalized spacial score (nSPS) is 16.7. The van der Waals surface area contributed by atoms with E-state index in [1.165, 1.54) is 12.1 Å². The van der Waals surface area contributed by atoms with Gasteiger partial charge in [-0.1, -0.05) is 60.7 Å². The molecule has 2 N–H and O–H groups in total. The lowest BCUT2D eigenvalue weighted by molar-refractivity contribution is -0.136. The van der Waals surface area contributed by atoms with Gasteiger partial charge in [0.15, 0.2) is 6.61 Å². The van der Waals surface area contributed by atoms with Crippen LogP contribution in [0.3, 0.4) is 0 Å². The minimum absolute atomic E-state index is 0.000584. The number of fused-ring (bicyclic) bond motifs is 3. The lowest BCUT2D eigenvalue weighted by Crippen LogP contribution is -2.54. The largest absolute Gasteiger partial charge is 0.493 e. The third-order valence-corrected chi connectivity index (χ3v) is 12.9. The Balaban J connectivity index is 0.887. The van der Waals surface area contributed by atoms with E-state index in [4.69, 9.17) is 9.47 Å². The number of para-hydroxylation sites is 1. The molecule has 0 spiro atoms. The molecule has 2 fully saturated rings. The number of aromatic carboxylic acids is 1. The number of aryl methyl sites for hydroxylation is 3. The van der Waals surface area contributed by atoms with Crippen molar-refractivity contribution in [3.05, 3.63) is 113 Å². The van der Waals surface area contributed by atoms with Gasteiger partial charge in [0.25, 0.3) is 17.7 Å². The molecule has 65 heavy (non-hydrogen) atoms. The van der Waals surface area contributed by atoms with Gasteiger partial charge in [0.1, 0.15) is 23.2 Å². The molecule has 2 aromatic heterocycles. The van der Waals surface area contributed by atoms with Crippen molar-refractivity contribution in [2.24, 2.45) is 7.05 Å². The van der Waals surface area contributed by atoms with Crippen molar-refractivity contribution in [2.75, 3.05) is 45.9 Å². The van der Waals surface area contributed by atoms with Gasteiger partial charge in [0, 0.05) is 80.3 Å². The van der Waals surface area contributed by atoms with Crippen LogP contribution in [0.1, 0.15) is 67.4 Å². The summed E-state index contributed by atoms with van der Waals surface area (Å²) < 4.78 is 15.9. The van der Waals surface area contributed by atoms with Gasteiger partial charge in [0.2, 0.25) is 11.8 Å². The number of ether oxygens (including phenoxy) is 2. The zero-order valence-electron chi connectivity index (χ0n) is 36.5. The van der Waals surface area contributed by atoms with E-state index < -0.39 is 35.6 Å². The predicted octanol–water partition coefficient (Wildman–Crippen LogP) is 5.15. The number of piperazine rings is 1. The number of hydrogen-bond acceptors (Lipinski definition) is 10. The first kappa shape index (κ1) is 42.9. The SMILES string of the molecule is Cc1nn(C)c(C)c1-c1cccc2c(CCCOc3cccc4ccccc34)c(C(=O)O)n(CCN3CCN(C(=O)COc4cccc5c4C(=O)N(C4CCC(=O)NC4=O)C5=O)CC3)c12. The van der Waals surface area contributed by atoms with E-state index in [1.54, 1.807) is 11.0 Å². The molecule has 2 saturated heterocycles. The summed E-state index contributed by atoms with van der Waals surface area (Å²) in [5.41, 5.74) is 5.59. The summed E-state index contributed by atoms with van der Waals surface area (Å²) in [6.45, 7) is 6.80. The van der Waals surface area contributed by atoms with E-state index in [0.29, 0.717) is 58.7 Å². The quantitative estimate of drug-likeness (QED) is 0.109. The number of imide groups is 2. The van der Waals surface area contributed by atoms with Crippen LogP contribution < -0.4 is 14.8 Å². The smallest absolute Gasteiger partial charge is 0.352 e. The number of nitrogens with one attached hydrogen (secondary N) is 1. The Labute approximate surface area is 374 Å². The monoisotopic (exact) mass is 879 g/mol. The number of piperidine rings is 1. The Bertz CT molecular complexity index is 2920. The Morgan fingerprint density at radius 1 is 0.800 bits per heavy atom. The van der Waals surface area contributed by atoms with Crippen LogP contribution in [-0.2, 0) is 34.4 Å². The molecule has 6 aromatic rings. The second kappa shape index (κ2) is 17.7. The van der Waals surface area contributed by atoms with Crippen LogP contribution in [0.15, 0.2) is 78.9 Å². The predicted molar refractivity (Wildman–Crippen MR) is 240 cm³/mol. The van der Waals surface area contributed by atoms with Crippen LogP contribution in [0.4, 0.5) is 0 Å². The number of carbonyl (C=O) groups excluding carboxylic acids is 5. The molecular formula is C49H49N7O9. The number of carboxylic acids is 1. The van der Waals surface area contributed by atoms with Crippen LogP contribution in [0, 0.1) is 13.8 Å². The number of carboxylic acid groups (broad SMARTS) is 1. The summed E-state index contributed by atoms with van der Waals surface area (Å²) in [7, 11) is 1.90. The molecular weight excluding hydrogens is 831 g/mol. The first-order valence-electron chi connectivity index (χ1n) is 21.9. The second-order valence-electron chi connectivity index (χ2n) is 16.7. The molecule has 0 aliphatic carbocycles. The Morgan fingerprint density at radius 2 is 1.51 bits per heavy atom. The van der Waals surface area contributed by atoms with Crippen LogP contribution in [-0.4, -0.2) is 122 Å². The van der Waals surface area contributed by atoms with Crippen molar-refractivity contribution in [1.82, 2.24) is 34.4 Å². The highest BCUT2D eigenvalue weighted by molar-refractivity contribution is 6.24. The standard InChI is InChI=1S/C49H49N7O9/c1-29-42(30(2)52(3)51-29)35-14-7-13-33-34(16-9-27-64-38-17-6-11-31-10-4-5-12-32(31)38)45(49(62)63)55(44(33)35)26-23-53-21-24-54(25-22-53)41(58)28-65-39-18-8-15-36-43(39)48(61)56(47(36)60)37-19-20-40(57)50-46(37)59/h4-8,10-15,17-18,37H,9,16,19-28H2,1-3H3,(H,62,63)(H,50,57,59). The number of nitrogens with zero attached hydrogens (tertiary/aromatic N) is 6. The van der Waals surface area contributed by atoms with Crippen molar-refractivity contribution >= 4 is 57.2 Å². The van der Waals surface area contributed by atoms with Gasteiger partial charge in [0.05, 0.1) is 28.9 Å². The summed E-state index contributed by atoms with van der Waals surface area (Å²) in [4.78, 5) is 82.6. The Hall–Kier alpha value is -7.33. The zero-order chi connectivity index (χ0) is 45.5. The van der Waals surface area contributed by atoms with Gasteiger partial charge in [-0.15, -0.1) is 0 Å². The van der Waals surface area contributed by atoms with Crippen molar-refractivity contribution in [1.29, 1.82) is 0 Å². The van der Waals surface area contributed by atoms with Gasteiger partial charge in [-0.3, -0.25) is 43.8 Å². The van der Waals surface area contributed by atoms with Gasteiger partial charge >= 0.3 is 5.97 Å². The lowest BCUT2D eigenvalue weighted by atomic mass is 9.98. The maximum absolute atomic E-state index is 13.5. The van der Waals surface area contributed by atoms with E-state index in [9.17, 15) is 33.9 Å². The first-order chi connectivity index (χ1) is 31.4. The summed E-state index contributed by atoms with van der Waals surface area (Å²) in [5.74, 6) is -3.01. The molecule has 3 aliphatic rings. The molecule has 5 heterocycles. The average molecular weight is 880 g/mol. The molecule has 334 valence electrons. The van der Waals surface area contributed by atoms with Crippen molar-refractivity contribution < 1.29 is 43.3 Å². The molecule has 16 heteroatoms. The number of carbonyl (C=O) groups is 6. The molecule has 9 rings (SSSR count).